The number of aromatic nitrogens is 2. The lowest BCUT2D eigenvalue weighted by Crippen LogP contribution is -2.24. The van der Waals surface area contributed by atoms with Gasteiger partial charge in [-0.1, -0.05) is 66.8 Å². The van der Waals surface area contributed by atoms with Crippen molar-refractivity contribution in [3.8, 4) is 10.6 Å². The van der Waals surface area contributed by atoms with E-state index in [9.17, 15) is 4.79 Å². The summed E-state index contributed by atoms with van der Waals surface area (Å²) in [7, 11) is 0. The maximum Gasteiger partial charge on any atom is 0.239 e. The van der Waals surface area contributed by atoms with Crippen LogP contribution in [0.3, 0.4) is 0 Å². The van der Waals surface area contributed by atoms with E-state index in [-0.39, 0.29) is 11.2 Å². The van der Waals surface area contributed by atoms with E-state index in [0.29, 0.717) is 5.13 Å². The molecule has 3 aromatic rings. The van der Waals surface area contributed by atoms with Crippen LogP contribution in [0.15, 0.2) is 65.6 Å². The van der Waals surface area contributed by atoms with Gasteiger partial charge in [-0.05, 0) is 18.6 Å². The molecule has 0 aliphatic rings. The van der Waals surface area contributed by atoms with Crippen LogP contribution in [0.25, 0.3) is 10.6 Å². The molecule has 6 heteroatoms. The lowest BCUT2D eigenvalue weighted by atomic mass is 10.2. The Morgan fingerprint density at radius 1 is 1.08 bits per heavy atom. The number of rotatable bonds is 6. The van der Waals surface area contributed by atoms with Crippen LogP contribution >= 0.6 is 23.1 Å². The molecule has 3 rings (SSSR count). The highest BCUT2D eigenvalue weighted by Crippen LogP contribution is 2.29. The summed E-state index contributed by atoms with van der Waals surface area (Å²) in [6.45, 7) is 2.01. The van der Waals surface area contributed by atoms with Crippen LogP contribution in [0.4, 0.5) is 5.13 Å². The van der Waals surface area contributed by atoms with Crippen LogP contribution in [0, 0.1) is 0 Å². The molecule has 0 aliphatic carbocycles. The number of benzene rings is 2. The van der Waals surface area contributed by atoms with E-state index in [2.05, 4.69) is 15.5 Å². The molecular formula is C18H17N3OS2. The van der Waals surface area contributed by atoms with Crippen molar-refractivity contribution in [3.05, 3.63) is 60.7 Å². The average Bonchev–Trinajstić information content (AvgIpc) is 3.09. The number of anilines is 1. The predicted octanol–water partition coefficient (Wildman–Crippen LogP) is 4.71. The first-order valence-corrected chi connectivity index (χ1v) is 9.37. The summed E-state index contributed by atoms with van der Waals surface area (Å²) in [5.41, 5.74) is 1.00. The fourth-order valence-corrected chi connectivity index (χ4v) is 3.87. The number of nitrogens with zero attached hydrogens (tertiary/aromatic N) is 2. The van der Waals surface area contributed by atoms with E-state index < -0.39 is 0 Å². The second kappa shape index (κ2) is 8.08. The van der Waals surface area contributed by atoms with Crippen LogP contribution < -0.4 is 5.32 Å². The molecule has 1 amide bonds. The van der Waals surface area contributed by atoms with Gasteiger partial charge >= 0.3 is 0 Å². The Morgan fingerprint density at radius 3 is 2.42 bits per heavy atom. The van der Waals surface area contributed by atoms with Gasteiger partial charge in [0.2, 0.25) is 11.0 Å². The number of carbonyl (C=O) groups excluding carboxylic acids is 1. The summed E-state index contributed by atoms with van der Waals surface area (Å²) in [5, 5.41) is 12.3. The summed E-state index contributed by atoms with van der Waals surface area (Å²) < 4.78 is 0. The van der Waals surface area contributed by atoms with Gasteiger partial charge < -0.3 is 0 Å². The van der Waals surface area contributed by atoms with E-state index in [1.807, 2.05) is 67.6 Å². The molecule has 1 heterocycles. The molecule has 1 atom stereocenters. The smallest absolute Gasteiger partial charge is 0.239 e. The molecule has 24 heavy (non-hydrogen) atoms. The molecule has 122 valence electrons. The number of hydrogen-bond acceptors (Lipinski definition) is 5. The molecule has 0 radical (unpaired) electrons. The maximum atomic E-state index is 12.5. The molecule has 0 bridgehead atoms. The van der Waals surface area contributed by atoms with E-state index in [1.165, 1.54) is 11.3 Å². The highest BCUT2D eigenvalue weighted by molar-refractivity contribution is 8.00. The SMILES string of the molecule is CC[C@H](Sc1ccccc1)C(=O)Nc1nnc(-c2ccccc2)s1. The fourth-order valence-electron chi connectivity index (χ4n) is 2.14. The zero-order valence-electron chi connectivity index (χ0n) is 13.2. The zero-order valence-corrected chi connectivity index (χ0v) is 14.8. The van der Waals surface area contributed by atoms with Crippen molar-refractivity contribution >= 4 is 34.1 Å². The molecule has 0 fully saturated rings. The first-order valence-electron chi connectivity index (χ1n) is 7.67. The van der Waals surface area contributed by atoms with Crippen molar-refractivity contribution in [3.63, 3.8) is 0 Å². The third-order valence-corrected chi connectivity index (χ3v) is 5.62. The molecule has 4 nitrogen and oxygen atoms in total. The maximum absolute atomic E-state index is 12.5. The van der Waals surface area contributed by atoms with Crippen LogP contribution in [-0.2, 0) is 4.79 Å². The minimum atomic E-state index is -0.156. The molecule has 0 unspecified atom stereocenters. The molecule has 0 saturated heterocycles. The van der Waals surface area contributed by atoms with Crippen molar-refractivity contribution in [1.29, 1.82) is 0 Å². The third kappa shape index (κ3) is 4.21. The van der Waals surface area contributed by atoms with Crippen molar-refractivity contribution in [2.45, 2.75) is 23.5 Å². The van der Waals surface area contributed by atoms with Crippen LogP contribution in [0.2, 0.25) is 0 Å². The Labute approximate surface area is 149 Å². The van der Waals surface area contributed by atoms with E-state index >= 15 is 0 Å². The molecule has 1 N–H and O–H groups in total. The van der Waals surface area contributed by atoms with Gasteiger partial charge in [-0.3, -0.25) is 10.1 Å². The Hall–Kier alpha value is -2.18. The zero-order chi connectivity index (χ0) is 16.8. The number of nitrogens with one attached hydrogen (secondary N) is 1. The van der Waals surface area contributed by atoms with Crippen molar-refractivity contribution < 1.29 is 4.79 Å². The second-order valence-electron chi connectivity index (χ2n) is 5.10. The van der Waals surface area contributed by atoms with E-state index in [0.717, 1.165) is 21.9 Å². The van der Waals surface area contributed by atoms with Crippen molar-refractivity contribution in [1.82, 2.24) is 10.2 Å². The first-order chi connectivity index (χ1) is 11.8. The molecule has 1 aromatic heterocycles. The molecule has 0 saturated carbocycles. The van der Waals surface area contributed by atoms with Crippen molar-refractivity contribution in [2.75, 3.05) is 5.32 Å². The number of amides is 1. The molecule has 0 aliphatic heterocycles. The minimum Gasteiger partial charge on any atom is -0.300 e. The van der Waals surface area contributed by atoms with Gasteiger partial charge in [-0.2, -0.15) is 0 Å². The Morgan fingerprint density at radius 2 is 1.75 bits per heavy atom. The van der Waals surface area contributed by atoms with E-state index in [1.54, 1.807) is 11.8 Å². The Balaban J connectivity index is 1.66. The van der Waals surface area contributed by atoms with Gasteiger partial charge in [-0.25, -0.2) is 0 Å². The van der Waals surface area contributed by atoms with Gasteiger partial charge in [-0.15, -0.1) is 22.0 Å². The minimum absolute atomic E-state index is 0.0397. The normalized spacial score (nSPS) is 11.9. The largest absolute Gasteiger partial charge is 0.300 e. The van der Waals surface area contributed by atoms with Crippen LogP contribution in [-0.4, -0.2) is 21.4 Å². The first kappa shape index (κ1) is 16.7. The fraction of sp³-hybridized carbons (Fsp3) is 0.167. The monoisotopic (exact) mass is 355 g/mol. The summed E-state index contributed by atoms with van der Waals surface area (Å²) in [6, 6.07) is 19.8. The summed E-state index contributed by atoms with van der Waals surface area (Å²) in [6.07, 6.45) is 0.746. The second-order valence-corrected chi connectivity index (χ2v) is 7.35. The quantitative estimate of drug-likeness (QED) is 0.650. The van der Waals surface area contributed by atoms with Crippen LogP contribution in [0.5, 0.6) is 0 Å². The highest BCUT2D eigenvalue weighted by atomic mass is 32.2. The van der Waals surface area contributed by atoms with Gasteiger partial charge in [0, 0.05) is 10.5 Å². The number of thioether (sulfide) groups is 1. The van der Waals surface area contributed by atoms with Crippen LogP contribution in [0.1, 0.15) is 13.3 Å². The third-order valence-electron chi connectivity index (χ3n) is 3.36. The molecular weight excluding hydrogens is 338 g/mol. The Bertz CT molecular complexity index is 790. The predicted molar refractivity (Wildman–Crippen MR) is 100 cm³/mol. The molecule has 0 spiro atoms. The highest BCUT2D eigenvalue weighted by Gasteiger charge is 2.19. The topological polar surface area (TPSA) is 54.9 Å². The summed E-state index contributed by atoms with van der Waals surface area (Å²) in [5.74, 6) is -0.0397. The Kier molecular flexibility index (Phi) is 5.61. The van der Waals surface area contributed by atoms with Crippen molar-refractivity contribution in [2.24, 2.45) is 0 Å². The van der Waals surface area contributed by atoms with Gasteiger partial charge in [0.1, 0.15) is 5.01 Å². The van der Waals surface area contributed by atoms with Gasteiger partial charge in [0.25, 0.3) is 0 Å². The number of carbonyl (C=O) groups is 1. The average molecular weight is 355 g/mol. The van der Waals surface area contributed by atoms with E-state index in [4.69, 9.17) is 0 Å². The van der Waals surface area contributed by atoms with Gasteiger partial charge in [0.05, 0.1) is 5.25 Å². The number of hydrogen-bond donors (Lipinski definition) is 1. The lowest BCUT2D eigenvalue weighted by molar-refractivity contribution is -0.115. The lowest BCUT2D eigenvalue weighted by Gasteiger charge is -2.13. The summed E-state index contributed by atoms with van der Waals surface area (Å²) >= 11 is 2.95. The summed E-state index contributed by atoms with van der Waals surface area (Å²) in [4.78, 5) is 13.6. The molecule has 2 aromatic carbocycles. The van der Waals surface area contributed by atoms with Gasteiger partial charge in [0.15, 0.2) is 0 Å². The standard InChI is InChI=1S/C18H17N3OS2/c1-2-15(23-14-11-7-4-8-12-14)16(22)19-18-21-20-17(24-18)13-9-5-3-6-10-13/h3-12,15H,2H2,1H3,(H,19,21,22)/t15-/m0/s1.